The van der Waals surface area contributed by atoms with Gasteiger partial charge in [-0.1, -0.05) is 30.3 Å². The first-order chi connectivity index (χ1) is 17.2. The molecule has 1 saturated heterocycles. The molecule has 0 radical (unpaired) electrons. The number of amides is 1. The van der Waals surface area contributed by atoms with Crippen LogP contribution in [0, 0.1) is 0 Å². The average Bonchev–Trinajstić information content (AvgIpc) is 3.28. The van der Waals surface area contributed by atoms with Gasteiger partial charge in [0.25, 0.3) is 0 Å². The lowest BCUT2D eigenvalue weighted by atomic mass is 10.2. The van der Waals surface area contributed by atoms with Crippen molar-refractivity contribution in [2.75, 3.05) is 49.5 Å². The molecular formula is C25H25F3N4O3S. The lowest BCUT2D eigenvalue weighted by Crippen LogP contribution is -2.49. The predicted octanol–water partition coefficient (Wildman–Crippen LogP) is 4.77. The van der Waals surface area contributed by atoms with Gasteiger partial charge in [0.1, 0.15) is 10.7 Å². The van der Waals surface area contributed by atoms with Gasteiger partial charge in [-0.15, -0.1) is 11.3 Å². The van der Waals surface area contributed by atoms with Crippen LogP contribution in [0.4, 0.5) is 24.7 Å². The maximum absolute atomic E-state index is 12.8. The minimum atomic E-state index is -4.42. The van der Waals surface area contributed by atoms with Crippen LogP contribution in [0.1, 0.15) is 22.2 Å². The molecular weight excluding hydrogens is 493 g/mol. The number of anilines is 2. The number of halogens is 3. The summed E-state index contributed by atoms with van der Waals surface area (Å²) < 4.78 is 43.5. The highest BCUT2D eigenvalue weighted by Crippen LogP contribution is 2.35. The van der Waals surface area contributed by atoms with Crippen molar-refractivity contribution in [3.05, 3.63) is 65.2 Å². The molecule has 0 saturated carbocycles. The maximum atomic E-state index is 12.8. The number of hydrogen-bond donors (Lipinski definition) is 1. The number of carbonyl (C=O) groups excluding carboxylic acids is 2. The Morgan fingerprint density at radius 3 is 2.42 bits per heavy atom. The van der Waals surface area contributed by atoms with E-state index in [-0.39, 0.29) is 19.1 Å². The van der Waals surface area contributed by atoms with Crippen molar-refractivity contribution in [3.8, 4) is 10.4 Å². The van der Waals surface area contributed by atoms with E-state index in [1.807, 2.05) is 40.1 Å². The lowest BCUT2D eigenvalue weighted by molar-refractivity contribution is -0.137. The van der Waals surface area contributed by atoms with Crippen LogP contribution < -0.4 is 10.2 Å². The number of benzene rings is 1. The monoisotopic (exact) mass is 518 g/mol. The minimum Gasteiger partial charge on any atom is -0.462 e. The third kappa shape index (κ3) is 6.21. The second kappa shape index (κ2) is 11.1. The van der Waals surface area contributed by atoms with Crippen molar-refractivity contribution in [1.82, 2.24) is 9.88 Å². The molecule has 1 aliphatic heterocycles. The van der Waals surface area contributed by atoms with E-state index >= 15 is 0 Å². The molecule has 4 rings (SSSR count). The third-order valence-electron chi connectivity index (χ3n) is 5.66. The summed E-state index contributed by atoms with van der Waals surface area (Å²) in [6.45, 7) is 4.20. The summed E-state index contributed by atoms with van der Waals surface area (Å²) in [4.78, 5) is 34.2. The van der Waals surface area contributed by atoms with Crippen molar-refractivity contribution >= 4 is 34.7 Å². The number of nitrogens with one attached hydrogen (secondary N) is 1. The fourth-order valence-electron chi connectivity index (χ4n) is 3.85. The Morgan fingerprint density at radius 2 is 1.81 bits per heavy atom. The number of alkyl halides is 3. The number of thiophene rings is 1. The summed E-state index contributed by atoms with van der Waals surface area (Å²) in [5.41, 5.74) is 0.559. The molecule has 0 aliphatic carbocycles. The zero-order valence-corrected chi connectivity index (χ0v) is 20.4. The Balaban J connectivity index is 1.36. The van der Waals surface area contributed by atoms with Gasteiger partial charge in [-0.2, -0.15) is 13.2 Å². The Kier molecular flexibility index (Phi) is 7.90. The van der Waals surface area contributed by atoms with Gasteiger partial charge in [0.05, 0.1) is 24.4 Å². The van der Waals surface area contributed by atoms with Crippen LogP contribution in [0.15, 0.2) is 54.7 Å². The van der Waals surface area contributed by atoms with E-state index in [0.29, 0.717) is 42.6 Å². The molecule has 1 aliphatic rings. The van der Waals surface area contributed by atoms with E-state index in [1.165, 1.54) is 17.4 Å². The van der Waals surface area contributed by atoms with Crippen LogP contribution in [0.5, 0.6) is 0 Å². The van der Waals surface area contributed by atoms with E-state index in [1.54, 1.807) is 13.0 Å². The molecule has 3 heterocycles. The second-order valence-electron chi connectivity index (χ2n) is 8.15. The van der Waals surface area contributed by atoms with Crippen LogP contribution in [-0.4, -0.2) is 61.1 Å². The van der Waals surface area contributed by atoms with Gasteiger partial charge >= 0.3 is 12.1 Å². The van der Waals surface area contributed by atoms with Gasteiger partial charge in [-0.3, -0.25) is 9.69 Å². The highest BCUT2D eigenvalue weighted by molar-refractivity contribution is 7.18. The number of aromatic nitrogens is 1. The molecule has 1 aromatic carbocycles. The number of piperazine rings is 1. The van der Waals surface area contributed by atoms with Crippen molar-refractivity contribution in [3.63, 3.8) is 0 Å². The van der Waals surface area contributed by atoms with Crippen LogP contribution in [-0.2, 0) is 15.7 Å². The fraction of sp³-hybridized carbons (Fsp3) is 0.320. The zero-order valence-electron chi connectivity index (χ0n) is 19.5. The SMILES string of the molecule is CCOC(=O)c1sc(-c2ccccc2)cc1NC(=O)CN1CCN(c2ccc(C(F)(F)F)cn2)CC1. The highest BCUT2D eigenvalue weighted by atomic mass is 32.1. The quantitative estimate of drug-likeness (QED) is 0.455. The number of carbonyl (C=O) groups is 2. The van der Waals surface area contributed by atoms with E-state index in [4.69, 9.17) is 4.74 Å². The number of rotatable bonds is 7. The summed E-state index contributed by atoms with van der Waals surface area (Å²) in [6.07, 6.45) is -3.59. The number of pyridine rings is 1. The van der Waals surface area contributed by atoms with Gasteiger partial charge in [0, 0.05) is 37.3 Å². The Morgan fingerprint density at radius 1 is 1.08 bits per heavy atom. The molecule has 2 aromatic heterocycles. The highest BCUT2D eigenvalue weighted by Gasteiger charge is 2.31. The van der Waals surface area contributed by atoms with Gasteiger partial charge in [0.2, 0.25) is 5.91 Å². The average molecular weight is 519 g/mol. The Labute approximate surface area is 210 Å². The van der Waals surface area contributed by atoms with Crippen molar-refractivity contribution in [1.29, 1.82) is 0 Å². The fourth-order valence-corrected chi connectivity index (χ4v) is 4.86. The minimum absolute atomic E-state index is 0.118. The molecule has 11 heteroatoms. The normalized spacial score (nSPS) is 14.5. The van der Waals surface area contributed by atoms with E-state index < -0.39 is 17.7 Å². The van der Waals surface area contributed by atoms with E-state index in [0.717, 1.165) is 22.7 Å². The second-order valence-corrected chi connectivity index (χ2v) is 9.21. The van der Waals surface area contributed by atoms with Crippen LogP contribution in [0.3, 0.4) is 0 Å². The van der Waals surface area contributed by atoms with Crippen LogP contribution in [0.2, 0.25) is 0 Å². The summed E-state index contributed by atoms with van der Waals surface area (Å²) in [6, 6.07) is 13.7. The smallest absolute Gasteiger partial charge is 0.417 e. The van der Waals surface area contributed by atoms with Gasteiger partial charge in [-0.05, 0) is 30.7 Å². The van der Waals surface area contributed by atoms with Gasteiger partial charge in [0.15, 0.2) is 0 Å². The summed E-state index contributed by atoms with van der Waals surface area (Å²) in [5.74, 6) is -0.283. The van der Waals surface area contributed by atoms with Gasteiger partial charge in [-0.25, -0.2) is 9.78 Å². The first-order valence-electron chi connectivity index (χ1n) is 11.4. The molecule has 0 bridgehead atoms. The first-order valence-corrected chi connectivity index (χ1v) is 12.2. The van der Waals surface area contributed by atoms with Crippen LogP contribution >= 0.6 is 11.3 Å². The predicted molar refractivity (Wildman–Crippen MR) is 132 cm³/mol. The third-order valence-corrected chi connectivity index (χ3v) is 6.83. The molecule has 1 amide bonds. The number of hydrogen-bond acceptors (Lipinski definition) is 7. The summed E-state index contributed by atoms with van der Waals surface area (Å²) in [5, 5.41) is 2.85. The Hall–Kier alpha value is -3.44. The topological polar surface area (TPSA) is 74.8 Å². The molecule has 36 heavy (non-hydrogen) atoms. The van der Waals surface area contributed by atoms with Crippen LogP contribution in [0.25, 0.3) is 10.4 Å². The van der Waals surface area contributed by atoms with Crippen molar-refractivity contribution in [2.24, 2.45) is 0 Å². The zero-order chi connectivity index (χ0) is 25.7. The maximum Gasteiger partial charge on any atom is 0.417 e. The molecule has 190 valence electrons. The first kappa shape index (κ1) is 25.6. The standard InChI is InChI=1S/C25H25F3N4O3S/c1-2-35-24(34)23-19(14-20(36-23)17-6-4-3-5-7-17)30-22(33)16-31-10-12-32(13-11-31)21-9-8-18(15-29-21)25(26,27)28/h3-9,14-15H,2,10-13,16H2,1H3,(H,30,33). The number of ether oxygens (including phenoxy) is 1. The molecule has 0 spiro atoms. The molecule has 0 atom stereocenters. The molecule has 1 N–H and O–H groups in total. The van der Waals surface area contributed by atoms with E-state index in [9.17, 15) is 22.8 Å². The number of esters is 1. The van der Waals surface area contributed by atoms with E-state index in [2.05, 4.69) is 10.3 Å². The lowest BCUT2D eigenvalue weighted by Gasteiger charge is -2.35. The van der Waals surface area contributed by atoms with Crippen molar-refractivity contribution in [2.45, 2.75) is 13.1 Å². The Bertz CT molecular complexity index is 1190. The molecule has 3 aromatic rings. The largest absolute Gasteiger partial charge is 0.462 e. The summed E-state index contributed by atoms with van der Waals surface area (Å²) >= 11 is 1.26. The van der Waals surface area contributed by atoms with Gasteiger partial charge < -0.3 is 15.0 Å². The summed E-state index contributed by atoms with van der Waals surface area (Å²) in [7, 11) is 0. The van der Waals surface area contributed by atoms with Crippen molar-refractivity contribution < 1.29 is 27.5 Å². The number of nitrogens with zero attached hydrogens (tertiary/aromatic N) is 3. The molecule has 7 nitrogen and oxygen atoms in total. The molecule has 0 unspecified atom stereocenters. The molecule has 1 fully saturated rings.